The number of pyridine rings is 1. The maximum atomic E-state index is 12.9. The molecular formula is C20H25N5O2. The maximum absolute atomic E-state index is 12.9. The molecule has 0 N–H and O–H groups in total. The van der Waals surface area contributed by atoms with E-state index in [0.29, 0.717) is 19.0 Å². The summed E-state index contributed by atoms with van der Waals surface area (Å²) in [6.07, 6.45) is 5.84. The molecule has 2 aliphatic rings. The van der Waals surface area contributed by atoms with E-state index in [1.165, 1.54) is 16.3 Å². The lowest BCUT2D eigenvalue weighted by Gasteiger charge is -2.36. The molecule has 2 aromatic heterocycles. The van der Waals surface area contributed by atoms with Gasteiger partial charge in [-0.1, -0.05) is 0 Å². The fraction of sp³-hybridized carbons (Fsp3) is 0.500. The molecule has 1 unspecified atom stereocenters. The molecule has 1 aliphatic carbocycles. The van der Waals surface area contributed by atoms with Gasteiger partial charge in [-0.25, -0.2) is 4.68 Å². The van der Waals surface area contributed by atoms with Gasteiger partial charge in [0.05, 0.1) is 5.69 Å². The standard InChI is InChI=1S/C20H25N5O2/c1-15(25-19(26)5-4-18(22-25)17-2-3-17)20(27)24-12-10-23(11-13-24)14-16-6-8-21-9-7-16/h4-9,15,17H,2-3,10-14H2,1H3. The molecule has 27 heavy (non-hydrogen) atoms. The number of rotatable bonds is 5. The fourth-order valence-corrected chi connectivity index (χ4v) is 3.56. The van der Waals surface area contributed by atoms with Gasteiger partial charge in [-0.15, -0.1) is 0 Å². The van der Waals surface area contributed by atoms with E-state index in [4.69, 9.17) is 0 Å². The van der Waals surface area contributed by atoms with Crippen molar-refractivity contribution in [2.24, 2.45) is 0 Å². The summed E-state index contributed by atoms with van der Waals surface area (Å²) in [6.45, 7) is 5.63. The average molecular weight is 367 g/mol. The van der Waals surface area contributed by atoms with Crippen LogP contribution in [0.3, 0.4) is 0 Å². The van der Waals surface area contributed by atoms with E-state index >= 15 is 0 Å². The van der Waals surface area contributed by atoms with Crippen LogP contribution in [0, 0.1) is 0 Å². The van der Waals surface area contributed by atoms with Crippen molar-refractivity contribution in [2.45, 2.75) is 38.3 Å². The van der Waals surface area contributed by atoms with Crippen molar-refractivity contribution < 1.29 is 4.79 Å². The van der Waals surface area contributed by atoms with Gasteiger partial charge in [0.25, 0.3) is 5.56 Å². The van der Waals surface area contributed by atoms with E-state index in [0.717, 1.165) is 38.2 Å². The highest BCUT2D eigenvalue weighted by molar-refractivity contribution is 5.80. The average Bonchev–Trinajstić information content (AvgIpc) is 3.54. The van der Waals surface area contributed by atoms with Gasteiger partial charge < -0.3 is 4.90 Å². The molecule has 0 bridgehead atoms. The Labute approximate surface area is 158 Å². The zero-order chi connectivity index (χ0) is 18.8. The first kappa shape index (κ1) is 17.9. The van der Waals surface area contributed by atoms with E-state index in [1.807, 2.05) is 17.0 Å². The van der Waals surface area contributed by atoms with Gasteiger partial charge in [-0.05, 0) is 43.5 Å². The van der Waals surface area contributed by atoms with Crippen LogP contribution in [0.25, 0.3) is 0 Å². The molecule has 0 aromatic carbocycles. The largest absolute Gasteiger partial charge is 0.338 e. The monoisotopic (exact) mass is 367 g/mol. The fourth-order valence-electron chi connectivity index (χ4n) is 3.56. The van der Waals surface area contributed by atoms with E-state index in [1.54, 1.807) is 25.4 Å². The summed E-state index contributed by atoms with van der Waals surface area (Å²) >= 11 is 0. The van der Waals surface area contributed by atoms with Crippen LogP contribution in [0.15, 0.2) is 41.5 Å². The number of carbonyl (C=O) groups is 1. The Kier molecular flexibility index (Phi) is 5.03. The highest BCUT2D eigenvalue weighted by Crippen LogP contribution is 2.38. The van der Waals surface area contributed by atoms with Crippen molar-refractivity contribution in [3.8, 4) is 0 Å². The van der Waals surface area contributed by atoms with E-state index in [-0.39, 0.29) is 11.5 Å². The molecular weight excluding hydrogens is 342 g/mol. The van der Waals surface area contributed by atoms with E-state index < -0.39 is 6.04 Å². The normalized spacial score (nSPS) is 19.1. The van der Waals surface area contributed by atoms with Crippen LogP contribution >= 0.6 is 0 Å². The predicted molar refractivity (Wildman–Crippen MR) is 101 cm³/mol. The first-order chi connectivity index (χ1) is 13.1. The molecule has 0 radical (unpaired) electrons. The summed E-state index contributed by atoms with van der Waals surface area (Å²) in [6, 6.07) is 6.81. The summed E-state index contributed by atoms with van der Waals surface area (Å²) < 4.78 is 1.36. The number of piperazine rings is 1. The second kappa shape index (κ2) is 7.60. The third-order valence-electron chi connectivity index (χ3n) is 5.41. The van der Waals surface area contributed by atoms with Gasteiger partial charge in [0.1, 0.15) is 6.04 Å². The van der Waals surface area contributed by atoms with Crippen molar-refractivity contribution in [3.05, 3.63) is 58.3 Å². The molecule has 1 atom stereocenters. The van der Waals surface area contributed by atoms with E-state index in [9.17, 15) is 9.59 Å². The van der Waals surface area contributed by atoms with Crippen molar-refractivity contribution in [1.82, 2.24) is 24.6 Å². The molecule has 7 nitrogen and oxygen atoms in total. The molecule has 1 saturated heterocycles. The lowest BCUT2D eigenvalue weighted by molar-refractivity contribution is -0.136. The van der Waals surface area contributed by atoms with Crippen molar-refractivity contribution >= 4 is 5.91 Å². The number of nitrogens with zero attached hydrogens (tertiary/aromatic N) is 5. The zero-order valence-corrected chi connectivity index (χ0v) is 15.6. The lowest BCUT2D eigenvalue weighted by Crippen LogP contribution is -2.50. The van der Waals surface area contributed by atoms with Crippen LogP contribution < -0.4 is 5.56 Å². The summed E-state index contributed by atoms with van der Waals surface area (Å²) in [5.41, 5.74) is 1.94. The molecule has 1 amide bonds. The third kappa shape index (κ3) is 4.08. The van der Waals surface area contributed by atoms with Gasteiger partial charge in [0.2, 0.25) is 5.91 Å². The minimum absolute atomic E-state index is 0.0268. The summed E-state index contributed by atoms with van der Waals surface area (Å²) in [7, 11) is 0. The Hall–Kier alpha value is -2.54. The van der Waals surface area contributed by atoms with Gasteiger partial charge in [0, 0.05) is 57.1 Å². The first-order valence-corrected chi connectivity index (χ1v) is 9.61. The highest BCUT2D eigenvalue weighted by atomic mass is 16.2. The second-order valence-corrected chi connectivity index (χ2v) is 7.45. The van der Waals surface area contributed by atoms with Gasteiger partial charge in [0.15, 0.2) is 0 Å². The molecule has 2 fully saturated rings. The molecule has 1 aliphatic heterocycles. The topological polar surface area (TPSA) is 71.3 Å². The van der Waals surface area contributed by atoms with Crippen molar-refractivity contribution in [3.63, 3.8) is 0 Å². The molecule has 2 aromatic rings. The number of hydrogen-bond acceptors (Lipinski definition) is 5. The SMILES string of the molecule is CC(C(=O)N1CCN(Cc2ccncc2)CC1)n1nc(C2CC2)ccc1=O. The first-order valence-electron chi connectivity index (χ1n) is 9.61. The maximum Gasteiger partial charge on any atom is 0.267 e. The molecule has 142 valence electrons. The minimum atomic E-state index is -0.567. The Morgan fingerprint density at radius 3 is 2.48 bits per heavy atom. The third-order valence-corrected chi connectivity index (χ3v) is 5.41. The number of amides is 1. The number of aromatic nitrogens is 3. The number of hydrogen-bond donors (Lipinski definition) is 0. The van der Waals surface area contributed by atoms with Crippen LogP contribution in [0.4, 0.5) is 0 Å². The summed E-state index contributed by atoms with van der Waals surface area (Å²) in [5, 5.41) is 4.46. The second-order valence-electron chi connectivity index (χ2n) is 7.45. The smallest absolute Gasteiger partial charge is 0.267 e. The Bertz CT molecular complexity index is 854. The predicted octanol–water partition coefficient (Wildman–Crippen LogP) is 1.42. The Morgan fingerprint density at radius 1 is 1.11 bits per heavy atom. The van der Waals surface area contributed by atoms with Gasteiger partial charge >= 0.3 is 0 Å². The number of carbonyl (C=O) groups excluding carboxylic acids is 1. The zero-order valence-electron chi connectivity index (χ0n) is 15.6. The van der Waals surface area contributed by atoms with Crippen molar-refractivity contribution in [1.29, 1.82) is 0 Å². The Morgan fingerprint density at radius 2 is 1.81 bits per heavy atom. The molecule has 4 rings (SSSR count). The molecule has 1 saturated carbocycles. The summed E-state index contributed by atoms with van der Waals surface area (Å²) in [5.74, 6) is 0.428. The lowest BCUT2D eigenvalue weighted by atomic mass is 10.2. The van der Waals surface area contributed by atoms with Crippen LogP contribution in [-0.4, -0.2) is 56.7 Å². The van der Waals surface area contributed by atoms with Gasteiger partial charge in [-0.2, -0.15) is 5.10 Å². The van der Waals surface area contributed by atoms with E-state index in [2.05, 4.69) is 15.0 Å². The molecule has 0 spiro atoms. The van der Waals surface area contributed by atoms with Crippen LogP contribution in [-0.2, 0) is 11.3 Å². The summed E-state index contributed by atoms with van der Waals surface area (Å²) in [4.78, 5) is 33.4. The minimum Gasteiger partial charge on any atom is -0.338 e. The van der Waals surface area contributed by atoms with Crippen LogP contribution in [0.2, 0.25) is 0 Å². The quantitative estimate of drug-likeness (QED) is 0.799. The van der Waals surface area contributed by atoms with Crippen LogP contribution in [0.1, 0.15) is 43.0 Å². The molecule has 3 heterocycles. The Balaban J connectivity index is 1.37. The van der Waals surface area contributed by atoms with Crippen molar-refractivity contribution in [2.75, 3.05) is 26.2 Å². The highest BCUT2D eigenvalue weighted by Gasteiger charge is 2.29. The van der Waals surface area contributed by atoms with Gasteiger partial charge in [-0.3, -0.25) is 19.5 Å². The molecule has 7 heteroatoms. The van der Waals surface area contributed by atoms with Crippen LogP contribution in [0.5, 0.6) is 0 Å².